The van der Waals surface area contributed by atoms with E-state index in [-0.39, 0.29) is 17.9 Å². The third-order valence-electron chi connectivity index (χ3n) is 2.22. The molecule has 6 heteroatoms. The van der Waals surface area contributed by atoms with Crippen molar-refractivity contribution in [3.05, 3.63) is 23.8 Å². The topological polar surface area (TPSA) is 84.6 Å². The Morgan fingerprint density at radius 2 is 2.16 bits per heavy atom. The van der Waals surface area contributed by atoms with Crippen molar-refractivity contribution < 1.29 is 19.0 Å². The zero-order valence-corrected chi connectivity index (χ0v) is 11.2. The first kappa shape index (κ1) is 15.2. The number of rotatable bonds is 3. The van der Waals surface area contributed by atoms with E-state index < -0.39 is 17.9 Å². The van der Waals surface area contributed by atoms with Crippen LogP contribution in [-0.4, -0.2) is 23.3 Å². The molecule has 0 radical (unpaired) electrons. The summed E-state index contributed by atoms with van der Waals surface area (Å²) < 4.78 is 18.6. The second kappa shape index (κ2) is 5.88. The first-order valence-corrected chi connectivity index (χ1v) is 5.90. The highest BCUT2D eigenvalue weighted by Gasteiger charge is 2.18. The molecule has 1 unspecified atom stereocenters. The normalized spacial score (nSPS) is 12.9. The molecule has 0 heterocycles. The number of nitrogens with one attached hydrogen (secondary N) is 1. The summed E-state index contributed by atoms with van der Waals surface area (Å²) in [5, 5.41) is 12.0. The van der Waals surface area contributed by atoms with Gasteiger partial charge in [0.25, 0.3) is 0 Å². The number of ether oxygens (including phenoxy) is 1. The Balaban J connectivity index is 2.83. The summed E-state index contributed by atoms with van der Waals surface area (Å²) in [6.45, 7) is 4.96. The van der Waals surface area contributed by atoms with Gasteiger partial charge < -0.3 is 15.6 Å². The molecule has 0 aliphatic rings. The van der Waals surface area contributed by atoms with E-state index in [0.717, 1.165) is 0 Å². The molecule has 1 aromatic carbocycles. The van der Waals surface area contributed by atoms with Crippen molar-refractivity contribution in [2.75, 3.05) is 11.9 Å². The average Bonchev–Trinajstić information content (AvgIpc) is 2.28. The maximum absolute atomic E-state index is 13.5. The van der Waals surface area contributed by atoms with Gasteiger partial charge in [-0.2, -0.15) is 0 Å². The van der Waals surface area contributed by atoms with E-state index in [9.17, 15) is 14.3 Å². The smallest absolute Gasteiger partial charge is 0.412 e. The lowest BCUT2D eigenvalue weighted by atomic mass is 10.1. The van der Waals surface area contributed by atoms with Gasteiger partial charge in [-0.3, -0.25) is 5.32 Å². The fourth-order valence-corrected chi connectivity index (χ4v) is 1.43. The molecule has 1 rings (SSSR count). The lowest BCUT2D eigenvalue weighted by molar-refractivity contribution is 0.0636. The summed E-state index contributed by atoms with van der Waals surface area (Å²) >= 11 is 0. The predicted molar refractivity (Wildman–Crippen MR) is 70.9 cm³/mol. The molecule has 0 spiro atoms. The van der Waals surface area contributed by atoms with Crippen LogP contribution >= 0.6 is 0 Å². The Hall–Kier alpha value is -1.82. The van der Waals surface area contributed by atoms with Gasteiger partial charge in [-0.15, -0.1) is 0 Å². The molecule has 1 aromatic rings. The van der Waals surface area contributed by atoms with Crippen molar-refractivity contribution in [2.24, 2.45) is 5.73 Å². The van der Waals surface area contributed by atoms with Crippen LogP contribution in [0.15, 0.2) is 18.2 Å². The standard InChI is InChI=1S/C13H19FN2O3/c1-13(2,3)19-12(18)16-8-4-5-11(17)9(6-8)10(14)7-15/h4-6,10,17H,7,15H2,1-3H3,(H,16,18). The highest BCUT2D eigenvalue weighted by molar-refractivity contribution is 5.85. The van der Waals surface area contributed by atoms with Gasteiger partial charge in [0, 0.05) is 17.8 Å². The van der Waals surface area contributed by atoms with Crippen LogP contribution in [-0.2, 0) is 4.74 Å². The monoisotopic (exact) mass is 270 g/mol. The second-order valence-electron chi connectivity index (χ2n) is 5.10. The number of nitrogens with two attached hydrogens (primary N) is 1. The highest BCUT2D eigenvalue weighted by atomic mass is 19.1. The number of hydrogen-bond donors (Lipinski definition) is 3. The number of amides is 1. The minimum Gasteiger partial charge on any atom is -0.508 e. The number of phenols is 1. The largest absolute Gasteiger partial charge is 0.508 e. The minimum absolute atomic E-state index is 0.0380. The molecule has 19 heavy (non-hydrogen) atoms. The van der Waals surface area contributed by atoms with Gasteiger partial charge in [0.2, 0.25) is 0 Å². The average molecular weight is 270 g/mol. The Morgan fingerprint density at radius 3 is 2.68 bits per heavy atom. The molecule has 5 nitrogen and oxygen atoms in total. The van der Waals surface area contributed by atoms with Crippen molar-refractivity contribution in [1.82, 2.24) is 0 Å². The first-order valence-electron chi connectivity index (χ1n) is 5.90. The number of aromatic hydroxyl groups is 1. The molecule has 0 saturated heterocycles. The molecule has 0 aliphatic carbocycles. The van der Waals surface area contributed by atoms with Gasteiger partial charge in [0.15, 0.2) is 0 Å². The maximum Gasteiger partial charge on any atom is 0.412 e. The molecule has 0 fully saturated rings. The van der Waals surface area contributed by atoms with Crippen molar-refractivity contribution in [3.63, 3.8) is 0 Å². The van der Waals surface area contributed by atoms with Gasteiger partial charge in [-0.05, 0) is 39.0 Å². The number of alkyl halides is 1. The first-order chi connectivity index (χ1) is 8.73. The quantitative estimate of drug-likeness (QED) is 0.737. The summed E-state index contributed by atoms with van der Waals surface area (Å²) in [5.74, 6) is -0.201. The summed E-state index contributed by atoms with van der Waals surface area (Å²) in [7, 11) is 0. The Bertz CT molecular complexity index is 458. The molecule has 1 atom stereocenters. The van der Waals surface area contributed by atoms with Gasteiger partial charge in [0.1, 0.15) is 17.5 Å². The Labute approximate surface area is 111 Å². The molecule has 0 aromatic heterocycles. The summed E-state index contributed by atoms with van der Waals surface area (Å²) in [4.78, 5) is 11.5. The van der Waals surface area contributed by atoms with Crippen LogP contribution in [0.1, 0.15) is 32.5 Å². The summed E-state index contributed by atoms with van der Waals surface area (Å²) in [6, 6.07) is 4.08. The molecule has 4 N–H and O–H groups in total. The summed E-state index contributed by atoms with van der Waals surface area (Å²) in [5.41, 5.74) is 4.96. The molecule has 0 aliphatic heterocycles. The lowest BCUT2D eigenvalue weighted by Crippen LogP contribution is -2.27. The van der Waals surface area contributed by atoms with E-state index in [2.05, 4.69) is 5.32 Å². The van der Waals surface area contributed by atoms with E-state index in [4.69, 9.17) is 10.5 Å². The third kappa shape index (κ3) is 4.75. The molecule has 0 saturated carbocycles. The third-order valence-corrected chi connectivity index (χ3v) is 2.22. The highest BCUT2D eigenvalue weighted by Crippen LogP contribution is 2.29. The van der Waals surface area contributed by atoms with Gasteiger partial charge >= 0.3 is 6.09 Å². The van der Waals surface area contributed by atoms with Crippen molar-refractivity contribution >= 4 is 11.8 Å². The van der Waals surface area contributed by atoms with Crippen LogP contribution in [0.3, 0.4) is 0 Å². The molecule has 1 amide bonds. The number of benzene rings is 1. The van der Waals surface area contributed by atoms with Crippen LogP contribution in [0, 0.1) is 0 Å². The van der Waals surface area contributed by atoms with Gasteiger partial charge in [-0.25, -0.2) is 9.18 Å². The number of carbonyl (C=O) groups is 1. The second-order valence-corrected chi connectivity index (χ2v) is 5.10. The lowest BCUT2D eigenvalue weighted by Gasteiger charge is -2.20. The van der Waals surface area contributed by atoms with Crippen LogP contribution in [0.4, 0.5) is 14.9 Å². The maximum atomic E-state index is 13.5. The van der Waals surface area contributed by atoms with Crippen LogP contribution < -0.4 is 11.1 Å². The Morgan fingerprint density at radius 1 is 1.53 bits per heavy atom. The SMILES string of the molecule is CC(C)(C)OC(=O)Nc1ccc(O)c(C(F)CN)c1. The van der Waals surface area contributed by atoms with Crippen LogP contribution in [0.25, 0.3) is 0 Å². The van der Waals surface area contributed by atoms with E-state index in [1.54, 1.807) is 20.8 Å². The minimum atomic E-state index is -1.49. The van der Waals surface area contributed by atoms with Crippen LogP contribution in [0.2, 0.25) is 0 Å². The fraction of sp³-hybridized carbons (Fsp3) is 0.462. The molecular formula is C13H19FN2O3. The fourth-order valence-electron chi connectivity index (χ4n) is 1.43. The molecule has 0 bridgehead atoms. The number of phenolic OH excluding ortho intramolecular Hbond substituents is 1. The molecular weight excluding hydrogens is 251 g/mol. The van der Waals surface area contributed by atoms with E-state index in [0.29, 0.717) is 5.69 Å². The van der Waals surface area contributed by atoms with Crippen molar-refractivity contribution in [3.8, 4) is 5.75 Å². The Kier molecular flexibility index (Phi) is 4.72. The van der Waals surface area contributed by atoms with Crippen molar-refractivity contribution in [1.29, 1.82) is 0 Å². The van der Waals surface area contributed by atoms with E-state index in [1.165, 1.54) is 18.2 Å². The molecule has 106 valence electrons. The zero-order valence-electron chi connectivity index (χ0n) is 11.2. The van der Waals surface area contributed by atoms with Gasteiger partial charge in [0.05, 0.1) is 0 Å². The van der Waals surface area contributed by atoms with Crippen molar-refractivity contribution in [2.45, 2.75) is 32.5 Å². The number of carbonyl (C=O) groups excluding carboxylic acids is 1. The number of hydrogen-bond acceptors (Lipinski definition) is 4. The van der Waals surface area contributed by atoms with Crippen LogP contribution in [0.5, 0.6) is 5.75 Å². The zero-order chi connectivity index (χ0) is 14.6. The summed E-state index contributed by atoms with van der Waals surface area (Å²) in [6.07, 6.45) is -2.13. The van der Waals surface area contributed by atoms with E-state index in [1.807, 2.05) is 0 Å². The number of anilines is 1. The van der Waals surface area contributed by atoms with E-state index >= 15 is 0 Å². The predicted octanol–water partition coefficient (Wildman–Crippen LogP) is 2.71. The number of halogens is 1. The van der Waals surface area contributed by atoms with Gasteiger partial charge in [-0.1, -0.05) is 0 Å².